The van der Waals surface area contributed by atoms with Gasteiger partial charge >= 0.3 is 0 Å². The second-order valence-electron chi connectivity index (χ2n) is 4.61. The minimum Gasteiger partial charge on any atom is -0.342 e. The average molecular weight is 208 g/mol. The first-order valence-corrected chi connectivity index (χ1v) is 5.22. The Kier molecular flexibility index (Phi) is 1.53. The highest BCUT2D eigenvalue weighted by Crippen LogP contribution is 2.45. The summed E-state index contributed by atoms with van der Waals surface area (Å²) in [7, 11) is 1.73. The Labute approximate surface area is 86.8 Å². The Balaban J connectivity index is 2.07. The van der Waals surface area contributed by atoms with Crippen LogP contribution in [0.4, 0.5) is 0 Å². The first-order valence-electron chi connectivity index (χ1n) is 5.22. The van der Waals surface area contributed by atoms with Gasteiger partial charge in [0.1, 0.15) is 0 Å². The zero-order valence-corrected chi connectivity index (χ0v) is 8.40. The van der Waals surface area contributed by atoms with E-state index in [9.17, 15) is 14.4 Å². The molecule has 15 heavy (non-hydrogen) atoms. The summed E-state index contributed by atoms with van der Waals surface area (Å²) in [6, 6.07) is -0.0704. The lowest BCUT2D eigenvalue weighted by atomic mass is 9.66. The van der Waals surface area contributed by atoms with Crippen molar-refractivity contribution in [1.29, 1.82) is 0 Å². The Hall–Kier alpha value is -1.39. The molecule has 3 saturated heterocycles. The number of carbonyl (C=O) groups is 3. The van der Waals surface area contributed by atoms with Crippen LogP contribution < -0.4 is 5.32 Å². The van der Waals surface area contributed by atoms with Gasteiger partial charge in [-0.15, -0.1) is 0 Å². The molecule has 4 fully saturated rings. The summed E-state index contributed by atoms with van der Waals surface area (Å²) in [6.07, 6.45) is 1.59. The fourth-order valence-electron chi connectivity index (χ4n) is 3.31. The molecule has 0 radical (unpaired) electrons. The van der Waals surface area contributed by atoms with Crippen LogP contribution in [0.25, 0.3) is 0 Å². The number of hydrogen-bond acceptors (Lipinski definition) is 3. The minimum atomic E-state index is -0.389. The van der Waals surface area contributed by atoms with Crippen LogP contribution in [0.15, 0.2) is 0 Å². The van der Waals surface area contributed by atoms with Gasteiger partial charge in [-0.25, -0.2) is 0 Å². The van der Waals surface area contributed by atoms with Gasteiger partial charge in [0.05, 0.1) is 17.8 Å². The third kappa shape index (κ3) is 0.905. The molecule has 0 aromatic carbocycles. The van der Waals surface area contributed by atoms with Crippen molar-refractivity contribution in [3.8, 4) is 0 Å². The van der Waals surface area contributed by atoms with Crippen LogP contribution in [-0.4, -0.2) is 35.7 Å². The van der Waals surface area contributed by atoms with Crippen LogP contribution >= 0.6 is 0 Å². The standard InChI is InChI=1S/C10H12N2O3/c1-12-5-3-2-4(10(12)15)6-7(5)9(14)11-8(6)13/h4-7H,2-3H2,1H3,(H,11,13,14). The minimum absolute atomic E-state index is 0.0253. The number of nitrogens with one attached hydrogen (secondary N) is 1. The molecule has 1 aliphatic carbocycles. The molecule has 80 valence electrons. The molecule has 3 aliphatic heterocycles. The lowest BCUT2D eigenvalue weighted by Gasteiger charge is -2.47. The van der Waals surface area contributed by atoms with Crippen LogP contribution in [-0.2, 0) is 14.4 Å². The van der Waals surface area contributed by atoms with Crippen LogP contribution in [0.5, 0.6) is 0 Å². The van der Waals surface area contributed by atoms with Gasteiger partial charge in [0.15, 0.2) is 0 Å². The third-order valence-corrected chi connectivity index (χ3v) is 4.02. The summed E-state index contributed by atoms with van der Waals surface area (Å²) in [6.45, 7) is 0. The van der Waals surface area contributed by atoms with Gasteiger partial charge in [0.25, 0.3) is 0 Å². The summed E-state index contributed by atoms with van der Waals surface area (Å²) in [5, 5.41) is 2.34. The highest BCUT2D eigenvalue weighted by atomic mass is 16.2. The monoisotopic (exact) mass is 208 g/mol. The summed E-state index contributed by atoms with van der Waals surface area (Å²) < 4.78 is 0. The van der Waals surface area contributed by atoms with E-state index < -0.39 is 0 Å². The predicted octanol–water partition coefficient (Wildman–Crippen LogP) is -0.874. The molecule has 3 amide bonds. The quantitative estimate of drug-likeness (QED) is 0.526. The number of hydrogen-bond donors (Lipinski definition) is 1. The lowest BCUT2D eigenvalue weighted by Crippen LogP contribution is -2.60. The Morgan fingerprint density at radius 2 is 1.80 bits per heavy atom. The molecule has 5 heteroatoms. The number of piperidine rings is 2. The van der Waals surface area contributed by atoms with Crippen molar-refractivity contribution in [2.24, 2.45) is 17.8 Å². The highest BCUT2D eigenvalue weighted by Gasteiger charge is 2.59. The fourth-order valence-corrected chi connectivity index (χ4v) is 3.31. The Bertz CT molecular complexity index is 379. The van der Waals surface area contributed by atoms with Gasteiger partial charge in [-0.05, 0) is 12.8 Å². The molecule has 1 saturated carbocycles. The van der Waals surface area contributed by atoms with Crippen molar-refractivity contribution in [3.63, 3.8) is 0 Å². The molecule has 4 unspecified atom stereocenters. The van der Waals surface area contributed by atoms with Crippen LogP contribution in [0.1, 0.15) is 12.8 Å². The summed E-state index contributed by atoms with van der Waals surface area (Å²) in [5.41, 5.74) is 0. The predicted molar refractivity (Wildman–Crippen MR) is 49.4 cm³/mol. The SMILES string of the molecule is CN1C(=O)C2CCC1C1C(=O)NC(=O)C21. The van der Waals surface area contributed by atoms with Crippen molar-refractivity contribution < 1.29 is 14.4 Å². The summed E-state index contributed by atoms with van der Waals surface area (Å²) in [4.78, 5) is 36.6. The van der Waals surface area contributed by atoms with E-state index >= 15 is 0 Å². The van der Waals surface area contributed by atoms with Crippen molar-refractivity contribution in [3.05, 3.63) is 0 Å². The van der Waals surface area contributed by atoms with Gasteiger partial charge in [0, 0.05) is 13.1 Å². The van der Waals surface area contributed by atoms with Gasteiger partial charge in [-0.2, -0.15) is 0 Å². The second kappa shape index (κ2) is 2.59. The molecule has 4 rings (SSSR count). The number of rotatable bonds is 0. The van der Waals surface area contributed by atoms with E-state index in [1.54, 1.807) is 11.9 Å². The van der Waals surface area contributed by atoms with Crippen molar-refractivity contribution in [1.82, 2.24) is 10.2 Å². The van der Waals surface area contributed by atoms with E-state index in [-0.39, 0.29) is 41.5 Å². The van der Waals surface area contributed by atoms with E-state index in [1.807, 2.05) is 0 Å². The number of imide groups is 1. The number of nitrogens with zero attached hydrogens (tertiary/aromatic N) is 1. The maximum atomic E-state index is 11.8. The number of amides is 3. The maximum absolute atomic E-state index is 11.8. The van der Waals surface area contributed by atoms with Crippen LogP contribution in [0.3, 0.4) is 0 Å². The largest absolute Gasteiger partial charge is 0.342 e. The highest BCUT2D eigenvalue weighted by molar-refractivity contribution is 6.08. The summed E-state index contributed by atoms with van der Waals surface area (Å²) in [5.74, 6) is -1.37. The Morgan fingerprint density at radius 3 is 2.53 bits per heavy atom. The smallest absolute Gasteiger partial charge is 0.232 e. The van der Waals surface area contributed by atoms with Gasteiger partial charge < -0.3 is 4.90 Å². The lowest BCUT2D eigenvalue weighted by molar-refractivity contribution is -0.158. The van der Waals surface area contributed by atoms with Crippen LogP contribution in [0.2, 0.25) is 0 Å². The van der Waals surface area contributed by atoms with E-state index in [1.165, 1.54) is 0 Å². The average Bonchev–Trinajstić information content (AvgIpc) is 2.51. The molecule has 0 aromatic rings. The second-order valence-corrected chi connectivity index (χ2v) is 4.61. The van der Waals surface area contributed by atoms with E-state index in [0.29, 0.717) is 0 Å². The van der Waals surface area contributed by atoms with Gasteiger partial charge in [0.2, 0.25) is 17.7 Å². The molecule has 3 heterocycles. The van der Waals surface area contributed by atoms with Crippen molar-refractivity contribution in [2.45, 2.75) is 18.9 Å². The summed E-state index contributed by atoms with van der Waals surface area (Å²) >= 11 is 0. The molecule has 0 aromatic heterocycles. The van der Waals surface area contributed by atoms with E-state index in [4.69, 9.17) is 0 Å². The molecule has 1 N–H and O–H groups in total. The van der Waals surface area contributed by atoms with E-state index in [0.717, 1.165) is 12.8 Å². The van der Waals surface area contributed by atoms with Gasteiger partial charge in [-0.1, -0.05) is 0 Å². The first-order chi connectivity index (χ1) is 7.11. The molecular weight excluding hydrogens is 196 g/mol. The zero-order valence-electron chi connectivity index (χ0n) is 8.40. The Morgan fingerprint density at radius 1 is 1.13 bits per heavy atom. The number of fused-ring (bicyclic) bond motifs is 2. The molecule has 2 bridgehead atoms. The molecule has 5 nitrogen and oxygen atoms in total. The topological polar surface area (TPSA) is 66.5 Å². The van der Waals surface area contributed by atoms with E-state index in [2.05, 4.69) is 5.32 Å². The van der Waals surface area contributed by atoms with Crippen molar-refractivity contribution in [2.75, 3.05) is 7.05 Å². The molecule has 4 aliphatic rings. The number of carbonyl (C=O) groups excluding carboxylic acids is 3. The van der Waals surface area contributed by atoms with Crippen molar-refractivity contribution >= 4 is 17.7 Å². The molecule has 4 atom stereocenters. The van der Waals surface area contributed by atoms with Gasteiger partial charge in [-0.3, -0.25) is 19.7 Å². The molecule has 0 spiro atoms. The zero-order chi connectivity index (χ0) is 10.7. The van der Waals surface area contributed by atoms with Crippen LogP contribution in [0, 0.1) is 17.8 Å². The normalized spacial score (nSPS) is 43.3. The first kappa shape index (κ1) is 8.88. The fraction of sp³-hybridized carbons (Fsp3) is 0.700. The third-order valence-electron chi connectivity index (χ3n) is 4.02. The maximum Gasteiger partial charge on any atom is 0.232 e. The molecular formula is C10H12N2O3.